The van der Waals surface area contributed by atoms with Crippen molar-refractivity contribution in [2.75, 3.05) is 6.61 Å². The molecule has 1 unspecified atom stereocenters. The summed E-state index contributed by atoms with van der Waals surface area (Å²) in [6, 6.07) is 2.00. The average molecular weight is 199 g/mol. The van der Waals surface area contributed by atoms with Gasteiger partial charge in [0.1, 0.15) is 18.3 Å². The molecule has 0 bridgehead atoms. The highest BCUT2D eigenvalue weighted by Crippen LogP contribution is 2.38. The Morgan fingerprint density at radius 3 is 2.57 bits per heavy atom. The molecule has 2 rings (SSSR count). The molecule has 2 aliphatic heterocycles. The van der Waals surface area contributed by atoms with Gasteiger partial charge in [0.05, 0.1) is 12.7 Å². The minimum Gasteiger partial charge on any atom is -0.394 e. The zero-order chi connectivity index (χ0) is 10.3. The molecular formula is C9H13NO4. The summed E-state index contributed by atoms with van der Waals surface area (Å²) in [6.45, 7) is 3.42. The van der Waals surface area contributed by atoms with Crippen molar-refractivity contribution >= 4 is 0 Å². The molecule has 0 aromatic carbocycles. The summed E-state index contributed by atoms with van der Waals surface area (Å²) in [6.07, 6.45) is -1.81. The van der Waals surface area contributed by atoms with Crippen molar-refractivity contribution in [2.45, 2.75) is 44.1 Å². The van der Waals surface area contributed by atoms with Crippen LogP contribution in [-0.4, -0.2) is 41.9 Å². The van der Waals surface area contributed by atoms with E-state index in [9.17, 15) is 0 Å². The number of hydrogen-bond donors (Lipinski definition) is 1. The third-order valence-electron chi connectivity index (χ3n) is 2.46. The molecule has 2 saturated heterocycles. The quantitative estimate of drug-likeness (QED) is 0.632. The van der Waals surface area contributed by atoms with Gasteiger partial charge in [-0.3, -0.25) is 0 Å². The first kappa shape index (κ1) is 9.87. The van der Waals surface area contributed by atoms with Crippen molar-refractivity contribution in [1.82, 2.24) is 0 Å². The molecule has 0 saturated carbocycles. The fourth-order valence-corrected chi connectivity index (χ4v) is 1.93. The van der Waals surface area contributed by atoms with E-state index in [0.29, 0.717) is 0 Å². The van der Waals surface area contributed by atoms with Gasteiger partial charge in [-0.25, -0.2) is 0 Å². The molecule has 14 heavy (non-hydrogen) atoms. The third kappa shape index (κ3) is 1.41. The molecule has 0 aromatic rings. The molecule has 5 heteroatoms. The van der Waals surface area contributed by atoms with Gasteiger partial charge in [-0.1, -0.05) is 0 Å². The van der Waals surface area contributed by atoms with Crippen molar-refractivity contribution in [2.24, 2.45) is 0 Å². The van der Waals surface area contributed by atoms with Crippen molar-refractivity contribution in [1.29, 1.82) is 5.26 Å². The lowest BCUT2D eigenvalue weighted by Crippen LogP contribution is -2.31. The van der Waals surface area contributed by atoms with E-state index in [1.165, 1.54) is 0 Å². The summed E-state index contributed by atoms with van der Waals surface area (Å²) >= 11 is 0. The lowest BCUT2D eigenvalue weighted by atomic mass is 10.1. The highest BCUT2D eigenvalue weighted by molar-refractivity contribution is 5.06. The topological polar surface area (TPSA) is 71.7 Å². The van der Waals surface area contributed by atoms with Crippen molar-refractivity contribution in [3.05, 3.63) is 0 Å². The molecule has 2 fully saturated rings. The Hall–Kier alpha value is -0.670. The number of rotatable bonds is 1. The first-order valence-electron chi connectivity index (χ1n) is 4.59. The summed E-state index contributed by atoms with van der Waals surface area (Å²) in [5.74, 6) is -0.693. The average Bonchev–Trinajstić information content (AvgIpc) is 2.57. The van der Waals surface area contributed by atoms with E-state index in [1.807, 2.05) is 6.07 Å². The Balaban J connectivity index is 2.17. The molecule has 0 spiro atoms. The first-order chi connectivity index (χ1) is 6.57. The van der Waals surface area contributed by atoms with Crippen LogP contribution in [-0.2, 0) is 14.2 Å². The zero-order valence-corrected chi connectivity index (χ0v) is 8.14. The first-order valence-corrected chi connectivity index (χ1v) is 4.59. The summed E-state index contributed by atoms with van der Waals surface area (Å²) in [4.78, 5) is 0. The van der Waals surface area contributed by atoms with Crippen molar-refractivity contribution < 1.29 is 19.3 Å². The summed E-state index contributed by atoms with van der Waals surface area (Å²) in [7, 11) is 0. The number of aliphatic hydroxyl groups is 1. The highest BCUT2D eigenvalue weighted by Gasteiger charge is 2.55. The SMILES string of the molecule is CC1(C)OC2[C@H](C#N)O[C@H](CO)[C@H]2O1. The Kier molecular flexibility index (Phi) is 2.24. The molecular weight excluding hydrogens is 186 g/mol. The van der Waals surface area contributed by atoms with Crippen molar-refractivity contribution in [3.63, 3.8) is 0 Å². The van der Waals surface area contributed by atoms with Crippen LogP contribution in [0.25, 0.3) is 0 Å². The van der Waals surface area contributed by atoms with Crippen LogP contribution < -0.4 is 0 Å². The van der Waals surface area contributed by atoms with Gasteiger partial charge in [0.15, 0.2) is 11.9 Å². The standard InChI is InChI=1S/C9H13NO4/c1-9(2)13-7-5(3-10)12-6(4-11)8(7)14-9/h5-8,11H,4H2,1-2H3/t5-,6+,7?,8+/m0/s1. The number of nitriles is 1. The predicted molar refractivity (Wildman–Crippen MR) is 45.2 cm³/mol. The molecule has 78 valence electrons. The third-order valence-corrected chi connectivity index (χ3v) is 2.46. The van der Waals surface area contributed by atoms with E-state index in [-0.39, 0.29) is 18.8 Å². The van der Waals surface area contributed by atoms with Crippen LogP contribution in [0.5, 0.6) is 0 Å². The van der Waals surface area contributed by atoms with E-state index in [2.05, 4.69) is 0 Å². The summed E-state index contributed by atoms with van der Waals surface area (Å²) in [5.41, 5.74) is 0. The highest BCUT2D eigenvalue weighted by atomic mass is 16.8. The van der Waals surface area contributed by atoms with E-state index in [0.717, 1.165) is 0 Å². The smallest absolute Gasteiger partial charge is 0.173 e. The Labute approximate surface area is 82.2 Å². The second-order valence-corrected chi connectivity index (χ2v) is 3.97. The Morgan fingerprint density at radius 1 is 1.36 bits per heavy atom. The number of ether oxygens (including phenoxy) is 3. The number of fused-ring (bicyclic) bond motifs is 1. The zero-order valence-electron chi connectivity index (χ0n) is 8.14. The molecule has 0 aromatic heterocycles. The maximum Gasteiger partial charge on any atom is 0.173 e. The van der Waals surface area contributed by atoms with Crippen LogP contribution in [0.1, 0.15) is 13.8 Å². The van der Waals surface area contributed by atoms with Crippen LogP contribution in [0.4, 0.5) is 0 Å². The Morgan fingerprint density at radius 2 is 2.00 bits per heavy atom. The molecule has 2 heterocycles. The van der Waals surface area contributed by atoms with E-state index in [1.54, 1.807) is 13.8 Å². The second-order valence-electron chi connectivity index (χ2n) is 3.97. The van der Waals surface area contributed by atoms with Gasteiger partial charge in [-0.05, 0) is 13.8 Å². The minimum absolute atomic E-state index is 0.154. The lowest BCUT2D eigenvalue weighted by molar-refractivity contribution is -0.184. The molecule has 0 amide bonds. The van der Waals surface area contributed by atoms with E-state index in [4.69, 9.17) is 24.6 Å². The van der Waals surface area contributed by atoms with Crippen molar-refractivity contribution in [3.8, 4) is 6.07 Å². The predicted octanol–water partition coefficient (Wildman–Crippen LogP) is -0.210. The van der Waals surface area contributed by atoms with E-state index < -0.39 is 18.0 Å². The summed E-state index contributed by atoms with van der Waals surface area (Å²) < 4.78 is 16.3. The molecule has 5 nitrogen and oxygen atoms in total. The van der Waals surface area contributed by atoms with Gasteiger partial charge in [0.2, 0.25) is 0 Å². The molecule has 0 radical (unpaired) electrons. The Bertz CT molecular complexity index is 272. The van der Waals surface area contributed by atoms with Crippen LogP contribution in [0.15, 0.2) is 0 Å². The molecule has 0 aliphatic carbocycles. The number of aliphatic hydroxyl groups excluding tert-OH is 1. The molecule has 1 N–H and O–H groups in total. The largest absolute Gasteiger partial charge is 0.394 e. The summed E-state index contributed by atoms with van der Waals surface area (Å²) in [5, 5.41) is 17.8. The van der Waals surface area contributed by atoms with Gasteiger partial charge in [-0.2, -0.15) is 5.26 Å². The fraction of sp³-hybridized carbons (Fsp3) is 0.889. The maximum atomic E-state index is 9.03. The monoisotopic (exact) mass is 199 g/mol. The van der Waals surface area contributed by atoms with Crippen LogP contribution in [0.3, 0.4) is 0 Å². The van der Waals surface area contributed by atoms with Gasteiger partial charge in [-0.15, -0.1) is 0 Å². The fourth-order valence-electron chi connectivity index (χ4n) is 1.93. The number of nitrogens with zero attached hydrogens (tertiary/aromatic N) is 1. The van der Waals surface area contributed by atoms with Gasteiger partial charge >= 0.3 is 0 Å². The van der Waals surface area contributed by atoms with E-state index >= 15 is 0 Å². The normalized spacial score (nSPS) is 44.7. The van der Waals surface area contributed by atoms with Crippen LogP contribution in [0, 0.1) is 11.3 Å². The van der Waals surface area contributed by atoms with Gasteiger partial charge < -0.3 is 19.3 Å². The molecule has 4 atom stereocenters. The lowest BCUT2D eigenvalue weighted by Gasteiger charge is -2.21. The van der Waals surface area contributed by atoms with Gasteiger partial charge in [0, 0.05) is 0 Å². The number of hydrogen-bond acceptors (Lipinski definition) is 5. The minimum atomic E-state index is -0.693. The second kappa shape index (κ2) is 3.17. The van der Waals surface area contributed by atoms with Gasteiger partial charge in [0.25, 0.3) is 0 Å². The molecule has 2 aliphatic rings. The van der Waals surface area contributed by atoms with Crippen LogP contribution in [0.2, 0.25) is 0 Å². The van der Waals surface area contributed by atoms with Crippen LogP contribution >= 0.6 is 0 Å². The maximum absolute atomic E-state index is 9.03.